The lowest BCUT2D eigenvalue weighted by Gasteiger charge is -2.39. The number of nitrogens with one attached hydrogen (secondary N) is 1. The molecule has 0 radical (unpaired) electrons. The topological polar surface area (TPSA) is 75.2 Å². The minimum absolute atomic E-state index is 0.000584. The third-order valence-corrected chi connectivity index (χ3v) is 2.81. The van der Waals surface area contributed by atoms with Gasteiger partial charge in [0.15, 0.2) is 0 Å². The Bertz CT molecular complexity index is 430. The van der Waals surface area contributed by atoms with Gasteiger partial charge in [0, 0.05) is 25.0 Å². The Morgan fingerprint density at radius 3 is 3.00 bits per heavy atom. The van der Waals surface area contributed by atoms with Crippen molar-refractivity contribution in [3.63, 3.8) is 0 Å². The molecule has 0 unspecified atom stereocenters. The van der Waals surface area contributed by atoms with Gasteiger partial charge in [-0.2, -0.15) is 0 Å². The van der Waals surface area contributed by atoms with Crippen LogP contribution in [0.1, 0.15) is 19.5 Å². The number of hydrogen-bond acceptors (Lipinski definition) is 4. The monoisotopic (exact) mass is 234 g/mol. The highest BCUT2D eigenvalue weighted by atomic mass is 16.5. The summed E-state index contributed by atoms with van der Waals surface area (Å²) in [7, 11) is 0. The molecule has 5 nitrogen and oxygen atoms in total. The van der Waals surface area contributed by atoms with Gasteiger partial charge in [0.2, 0.25) is 0 Å². The standard InChI is InChI=1S/C12H18N4O/c1-12(2)8-16(5-6-17-12)9-3-4-15-10(7-9)11(13)14/h3-4,7H,5-6,8H2,1-2H3,(H3,13,14). The Morgan fingerprint density at radius 1 is 1.59 bits per heavy atom. The van der Waals surface area contributed by atoms with Gasteiger partial charge in [-0.25, -0.2) is 0 Å². The van der Waals surface area contributed by atoms with Crippen LogP contribution in [0.15, 0.2) is 18.3 Å². The van der Waals surface area contributed by atoms with Gasteiger partial charge in [0.25, 0.3) is 0 Å². The maximum absolute atomic E-state index is 7.40. The van der Waals surface area contributed by atoms with E-state index in [4.69, 9.17) is 15.9 Å². The number of morpholine rings is 1. The van der Waals surface area contributed by atoms with E-state index in [1.165, 1.54) is 0 Å². The van der Waals surface area contributed by atoms with Crippen molar-refractivity contribution >= 4 is 11.5 Å². The van der Waals surface area contributed by atoms with Gasteiger partial charge in [-0.3, -0.25) is 10.4 Å². The number of amidine groups is 1. The fourth-order valence-corrected chi connectivity index (χ4v) is 2.00. The molecule has 1 aliphatic heterocycles. The molecule has 1 fully saturated rings. The van der Waals surface area contributed by atoms with Crippen molar-refractivity contribution < 1.29 is 4.74 Å². The summed E-state index contributed by atoms with van der Waals surface area (Å²) < 4.78 is 5.67. The number of hydrogen-bond donors (Lipinski definition) is 2. The van der Waals surface area contributed by atoms with Gasteiger partial charge >= 0.3 is 0 Å². The molecule has 17 heavy (non-hydrogen) atoms. The SMILES string of the molecule is CC1(C)CN(c2ccnc(C(=N)N)c2)CCO1. The first-order chi connectivity index (χ1) is 7.98. The van der Waals surface area contributed by atoms with E-state index in [2.05, 4.69) is 23.7 Å². The van der Waals surface area contributed by atoms with Gasteiger partial charge < -0.3 is 15.4 Å². The number of anilines is 1. The molecular weight excluding hydrogens is 216 g/mol. The Hall–Kier alpha value is -1.62. The molecule has 0 aliphatic carbocycles. The van der Waals surface area contributed by atoms with E-state index >= 15 is 0 Å². The van der Waals surface area contributed by atoms with Crippen LogP contribution in [0.25, 0.3) is 0 Å². The lowest BCUT2D eigenvalue weighted by molar-refractivity contribution is -0.0276. The summed E-state index contributed by atoms with van der Waals surface area (Å²) in [6.07, 6.45) is 1.69. The number of ether oxygens (including phenoxy) is 1. The molecule has 0 saturated carbocycles. The molecular formula is C12H18N4O. The predicted octanol–water partition coefficient (Wildman–Crippen LogP) is 0.981. The van der Waals surface area contributed by atoms with Gasteiger partial charge in [0.05, 0.1) is 12.2 Å². The number of rotatable bonds is 2. The van der Waals surface area contributed by atoms with Crippen LogP contribution in [0.5, 0.6) is 0 Å². The van der Waals surface area contributed by atoms with Crippen LogP contribution in [-0.2, 0) is 4.74 Å². The van der Waals surface area contributed by atoms with Crippen LogP contribution < -0.4 is 10.6 Å². The summed E-state index contributed by atoms with van der Waals surface area (Å²) in [5.74, 6) is -0.000584. The van der Waals surface area contributed by atoms with E-state index < -0.39 is 0 Å². The van der Waals surface area contributed by atoms with Crippen molar-refractivity contribution in [3.8, 4) is 0 Å². The second-order valence-electron chi connectivity index (χ2n) is 4.84. The second-order valence-corrected chi connectivity index (χ2v) is 4.84. The molecule has 2 heterocycles. The van der Waals surface area contributed by atoms with Crippen molar-refractivity contribution in [3.05, 3.63) is 24.0 Å². The quantitative estimate of drug-likeness (QED) is 0.591. The average Bonchev–Trinajstić information content (AvgIpc) is 2.28. The molecule has 92 valence electrons. The minimum atomic E-state index is -0.141. The number of nitrogens with zero attached hydrogens (tertiary/aromatic N) is 2. The molecule has 3 N–H and O–H groups in total. The largest absolute Gasteiger partial charge is 0.382 e. The van der Waals surface area contributed by atoms with Crippen LogP contribution in [0, 0.1) is 5.41 Å². The third-order valence-electron chi connectivity index (χ3n) is 2.81. The molecule has 5 heteroatoms. The van der Waals surface area contributed by atoms with Gasteiger partial charge in [-0.15, -0.1) is 0 Å². The summed E-state index contributed by atoms with van der Waals surface area (Å²) in [5, 5.41) is 7.40. The first-order valence-electron chi connectivity index (χ1n) is 5.67. The van der Waals surface area contributed by atoms with E-state index in [9.17, 15) is 0 Å². The number of aromatic nitrogens is 1. The number of pyridine rings is 1. The molecule has 1 aliphatic rings. The van der Waals surface area contributed by atoms with Crippen molar-refractivity contribution in [2.75, 3.05) is 24.6 Å². The maximum atomic E-state index is 7.40. The van der Waals surface area contributed by atoms with Crippen LogP contribution in [-0.4, -0.2) is 36.1 Å². The van der Waals surface area contributed by atoms with Gasteiger partial charge in [-0.1, -0.05) is 0 Å². The molecule has 2 rings (SSSR count). The summed E-state index contributed by atoms with van der Waals surface area (Å²) in [4.78, 5) is 6.30. The maximum Gasteiger partial charge on any atom is 0.141 e. The molecule has 1 saturated heterocycles. The predicted molar refractivity (Wildman–Crippen MR) is 67.5 cm³/mol. The van der Waals surface area contributed by atoms with Crippen LogP contribution in [0.3, 0.4) is 0 Å². The average molecular weight is 234 g/mol. The molecule has 0 bridgehead atoms. The highest BCUT2D eigenvalue weighted by Crippen LogP contribution is 2.22. The fourth-order valence-electron chi connectivity index (χ4n) is 2.00. The Labute approximate surface area is 101 Å². The molecule has 1 aromatic rings. The highest BCUT2D eigenvalue weighted by Gasteiger charge is 2.27. The van der Waals surface area contributed by atoms with E-state index in [1.54, 1.807) is 6.20 Å². The Morgan fingerprint density at radius 2 is 2.35 bits per heavy atom. The summed E-state index contributed by atoms with van der Waals surface area (Å²) >= 11 is 0. The molecule has 0 atom stereocenters. The van der Waals surface area contributed by atoms with Gasteiger partial charge in [-0.05, 0) is 26.0 Å². The van der Waals surface area contributed by atoms with E-state index in [-0.39, 0.29) is 11.4 Å². The zero-order chi connectivity index (χ0) is 12.5. The Kier molecular flexibility index (Phi) is 3.02. The van der Waals surface area contributed by atoms with Crippen LogP contribution >= 0.6 is 0 Å². The zero-order valence-corrected chi connectivity index (χ0v) is 10.2. The van der Waals surface area contributed by atoms with Crippen molar-refractivity contribution in [2.24, 2.45) is 5.73 Å². The first-order valence-corrected chi connectivity index (χ1v) is 5.67. The fraction of sp³-hybridized carbons (Fsp3) is 0.500. The number of nitrogens with two attached hydrogens (primary N) is 1. The smallest absolute Gasteiger partial charge is 0.141 e. The first kappa shape index (κ1) is 11.9. The van der Waals surface area contributed by atoms with Crippen LogP contribution in [0.4, 0.5) is 5.69 Å². The summed E-state index contributed by atoms with van der Waals surface area (Å²) in [6.45, 7) is 6.54. The second kappa shape index (κ2) is 4.33. The van der Waals surface area contributed by atoms with E-state index in [1.807, 2.05) is 12.1 Å². The lowest BCUT2D eigenvalue weighted by atomic mass is 10.1. The van der Waals surface area contributed by atoms with Crippen molar-refractivity contribution in [2.45, 2.75) is 19.4 Å². The van der Waals surface area contributed by atoms with Crippen LogP contribution in [0.2, 0.25) is 0 Å². The molecule has 0 amide bonds. The normalized spacial score (nSPS) is 19.1. The minimum Gasteiger partial charge on any atom is -0.382 e. The zero-order valence-electron chi connectivity index (χ0n) is 10.2. The third kappa shape index (κ3) is 2.74. The van der Waals surface area contributed by atoms with Gasteiger partial charge in [0.1, 0.15) is 11.5 Å². The van der Waals surface area contributed by atoms with E-state index in [0.717, 1.165) is 18.8 Å². The highest BCUT2D eigenvalue weighted by molar-refractivity contribution is 5.93. The molecule has 1 aromatic heterocycles. The molecule has 0 spiro atoms. The Balaban J connectivity index is 2.22. The number of nitrogen functional groups attached to an aromatic ring is 1. The van der Waals surface area contributed by atoms with Crippen molar-refractivity contribution in [1.29, 1.82) is 5.41 Å². The summed E-state index contributed by atoms with van der Waals surface area (Å²) in [5.41, 5.74) is 6.87. The van der Waals surface area contributed by atoms with Crippen molar-refractivity contribution in [1.82, 2.24) is 4.98 Å². The van der Waals surface area contributed by atoms with E-state index in [0.29, 0.717) is 12.3 Å². The lowest BCUT2D eigenvalue weighted by Crippen LogP contribution is -2.48. The molecule has 0 aromatic carbocycles. The summed E-state index contributed by atoms with van der Waals surface area (Å²) in [6, 6.07) is 3.79.